The van der Waals surface area contributed by atoms with Crippen molar-refractivity contribution in [3.8, 4) is 0 Å². The average Bonchev–Trinajstić information content (AvgIpc) is 2.72. The Hall–Kier alpha value is -0.850. The lowest BCUT2D eigenvalue weighted by Gasteiger charge is -2.50. The molecule has 0 aromatic rings. The lowest BCUT2D eigenvalue weighted by molar-refractivity contribution is 0.0150. The van der Waals surface area contributed by atoms with E-state index in [2.05, 4.69) is 39.0 Å². The third kappa shape index (κ3) is 5.36. The number of rotatable bonds is 5. The third-order valence-corrected chi connectivity index (χ3v) is 6.88. The fourth-order valence-electron chi connectivity index (χ4n) is 5.05. The molecule has 3 saturated heterocycles. The lowest BCUT2D eigenvalue weighted by atomic mass is 9.84. The first-order valence-corrected chi connectivity index (χ1v) is 11.2. The first-order chi connectivity index (χ1) is 13.2. The second-order valence-electron chi connectivity index (χ2n) is 8.62. The number of hydrogen-bond acceptors (Lipinski definition) is 4. The normalized spacial score (nSPS) is 26.3. The van der Waals surface area contributed by atoms with Crippen molar-refractivity contribution in [2.45, 2.75) is 63.5 Å². The van der Waals surface area contributed by atoms with Gasteiger partial charge in [-0.3, -0.25) is 9.89 Å². The lowest BCUT2D eigenvalue weighted by Crippen LogP contribution is -2.62. The van der Waals surface area contributed by atoms with Crippen LogP contribution < -0.4 is 5.32 Å². The van der Waals surface area contributed by atoms with Crippen molar-refractivity contribution < 1.29 is 4.74 Å². The van der Waals surface area contributed by atoms with Crippen LogP contribution in [0.4, 0.5) is 0 Å². The smallest absolute Gasteiger partial charge is 0.193 e. The Balaban J connectivity index is 1.58. The van der Waals surface area contributed by atoms with E-state index in [1.807, 2.05) is 7.05 Å². The minimum Gasteiger partial charge on any atom is -0.378 e. The number of nitrogens with zero attached hydrogens (tertiary/aromatic N) is 4. The molecule has 3 heterocycles. The number of aliphatic imine (C=N–C) groups is 1. The van der Waals surface area contributed by atoms with Crippen LogP contribution in [0.1, 0.15) is 51.9 Å². The van der Waals surface area contributed by atoms with E-state index in [-0.39, 0.29) is 0 Å². The van der Waals surface area contributed by atoms with E-state index in [4.69, 9.17) is 4.74 Å². The number of ether oxygens (including phenoxy) is 1. The van der Waals surface area contributed by atoms with E-state index in [0.717, 1.165) is 45.0 Å². The van der Waals surface area contributed by atoms with Crippen molar-refractivity contribution >= 4 is 5.96 Å². The van der Waals surface area contributed by atoms with Crippen LogP contribution in [0.25, 0.3) is 0 Å². The Kier molecular flexibility index (Phi) is 7.79. The van der Waals surface area contributed by atoms with Crippen LogP contribution in [-0.4, -0.2) is 98.8 Å². The van der Waals surface area contributed by atoms with Crippen molar-refractivity contribution in [1.29, 1.82) is 0 Å². The number of guanidine groups is 1. The first kappa shape index (κ1) is 20.9. The van der Waals surface area contributed by atoms with Crippen LogP contribution in [0, 0.1) is 0 Å². The minimum absolute atomic E-state index is 0.298. The van der Waals surface area contributed by atoms with Crippen LogP contribution in [0.5, 0.6) is 0 Å². The molecule has 0 saturated carbocycles. The predicted octanol–water partition coefficient (Wildman–Crippen LogP) is 2.01. The molecule has 6 nitrogen and oxygen atoms in total. The molecule has 3 rings (SSSR count). The topological polar surface area (TPSA) is 43.3 Å². The van der Waals surface area contributed by atoms with Gasteiger partial charge in [-0.1, -0.05) is 6.42 Å². The first-order valence-electron chi connectivity index (χ1n) is 11.2. The summed E-state index contributed by atoms with van der Waals surface area (Å²) in [5.74, 6) is 1.08. The predicted molar refractivity (Wildman–Crippen MR) is 112 cm³/mol. The Bertz CT molecular complexity index is 461. The molecule has 0 spiro atoms. The molecule has 27 heavy (non-hydrogen) atoms. The van der Waals surface area contributed by atoms with Crippen LogP contribution in [0.2, 0.25) is 0 Å². The molecule has 3 aliphatic heterocycles. The Labute approximate surface area is 166 Å². The molecule has 3 aliphatic rings. The summed E-state index contributed by atoms with van der Waals surface area (Å²) >= 11 is 0. The van der Waals surface area contributed by atoms with E-state index in [9.17, 15) is 0 Å². The Morgan fingerprint density at radius 3 is 2.30 bits per heavy atom. The highest BCUT2D eigenvalue weighted by Gasteiger charge is 2.40. The summed E-state index contributed by atoms with van der Waals surface area (Å²) in [7, 11) is 4.19. The zero-order valence-corrected chi connectivity index (χ0v) is 17.9. The van der Waals surface area contributed by atoms with Gasteiger partial charge in [0.25, 0.3) is 0 Å². The van der Waals surface area contributed by atoms with Gasteiger partial charge in [0.05, 0.1) is 6.10 Å². The van der Waals surface area contributed by atoms with Gasteiger partial charge >= 0.3 is 0 Å². The molecule has 0 unspecified atom stereocenters. The molecule has 0 aromatic carbocycles. The fourth-order valence-corrected chi connectivity index (χ4v) is 5.05. The molecule has 0 aliphatic carbocycles. The molecular formula is C21H41N5O. The van der Waals surface area contributed by atoms with E-state index < -0.39 is 0 Å². The van der Waals surface area contributed by atoms with Crippen molar-refractivity contribution in [2.24, 2.45) is 4.99 Å². The van der Waals surface area contributed by atoms with Gasteiger partial charge in [0.15, 0.2) is 5.96 Å². The number of likely N-dealkylation sites (tertiary alicyclic amines) is 3. The number of nitrogens with one attached hydrogen (secondary N) is 1. The van der Waals surface area contributed by atoms with Crippen LogP contribution in [0.3, 0.4) is 0 Å². The highest BCUT2D eigenvalue weighted by Crippen LogP contribution is 2.31. The molecule has 0 radical (unpaired) electrons. The monoisotopic (exact) mass is 379 g/mol. The molecule has 0 amide bonds. The van der Waals surface area contributed by atoms with Gasteiger partial charge in [0.1, 0.15) is 0 Å². The molecule has 3 fully saturated rings. The summed E-state index contributed by atoms with van der Waals surface area (Å²) in [6.07, 6.45) is 9.29. The zero-order valence-electron chi connectivity index (χ0n) is 17.9. The van der Waals surface area contributed by atoms with E-state index >= 15 is 0 Å². The molecule has 1 N–H and O–H groups in total. The fraction of sp³-hybridized carbons (Fsp3) is 0.952. The average molecular weight is 380 g/mol. The quantitative estimate of drug-likeness (QED) is 0.585. The summed E-state index contributed by atoms with van der Waals surface area (Å²) in [6, 6.07) is 0. The van der Waals surface area contributed by atoms with Crippen molar-refractivity contribution in [3.63, 3.8) is 0 Å². The van der Waals surface area contributed by atoms with Gasteiger partial charge in [-0.25, -0.2) is 0 Å². The third-order valence-electron chi connectivity index (χ3n) is 6.88. The summed E-state index contributed by atoms with van der Waals surface area (Å²) < 4.78 is 5.81. The maximum absolute atomic E-state index is 5.81. The van der Waals surface area contributed by atoms with Gasteiger partial charge in [-0.2, -0.15) is 0 Å². The molecule has 0 aromatic heterocycles. The molecule has 156 valence electrons. The van der Waals surface area contributed by atoms with Gasteiger partial charge in [-0.15, -0.1) is 0 Å². The minimum atomic E-state index is 0.298. The summed E-state index contributed by atoms with van der Waals surface area (Å²) in [5, 5.41) is 3.78. The molecular weight excluding hydrogens is 338 g/mol. The van der Waals surface area contributed by atoms with E-state index in [1.54, 1.807) is 0 Å². The van der Waals surface area contributed by atoms with Gasteiger partial charge in [0.2, 0.25) is 0 Å². The van der Waals surface area contributed by atoms with Crippen molar-refractivity contribution in [3.05, 3.63) is 0 Å². The van der Waals surface area contributed by atoms with Crippen molar-refractivity contribution in [2.75, 3.05) is 66.5 Å². The second kappa shape index (κ2) is 10.1. The van der Waals surface area contributed by atoms with Crippen molar-refractivity contribution in [1.82, 2.24) is 20.0 Å². The molecule has 0 bridgehead atoms. The molecule has 6 heteroatoms. The Morgan fingerprint density at radius 1 is 1.04 bits per heavy atom. The van der Waals surface area contributed by atoms with Gasteiger partial charge in [0, 0.05) is 38.8 Å². The summed E-state index contributed by atoms with van der Waals surface area (Å²) in [6.45, 7) is 11.0. The summed E-state index contributed by atoms with van der Waals surface area (Å²) in [4.78, 5) is 12.3. The number of piperidine rings is 3. The van der Waals surface area contributed by atoms with Gasteiger partial charge < -0.3 is 19.9 Å². The van der Waals surface area contributed by atoms with E-state index in [0.29, 0.717) is 11.6 Å². The maximum Gasteiger partial charge on any atom is 0.193 e. The van der Waals surface area contributed by atoms with Crippen LogP contribution in [-0.2, 0) is 4.74 Å². The standard InChI is InChI=1S/C21H41N5O/c1-4-27-19-8-14-25(15-9-19)20(22-2)23-18-21(10-16-24(3)17-11-21)26-12-6-5-7-13-26/h19H,4-18H2,1-3H3,(H,22,23). The largest absolute Gasteiger partial charge is 0.378 e. The van der Waals surface area contributed by atoms with Crippen LogP contribution >= 0.6 is 0 Å². The highest BCUT2D eigenvalue weighted by molar-refractivity contribution is 5.80. The zero-order chi connectivity index (χ0) is 19.1. The maximum atomic E-state index is 5.81. The molecule has 0 atom stereocenters. The second-order valence-corrected chi connectivity index (χ2v) is 8.62. The Morgan fingerprint density at radius 2 is 1.70 bits per heavy atom. The number of hydrogen-bond donors (Lipinski definition) is 1. The van der Waals surface area contributed by atoms with E-state index in [1.165, 1.54) is 58.3 Å². The summed E-state index contributed by atoms with van der Waals surface area (Å²) in [5.41, 5.74) is 0.298. The van der Waals surface area contributed by atoms with Crippen LogP contribution in [0.15, 0.2) is 4.99 Å². The highest BCUT2D eigenvalue weighted by atomic mass is 16.5. The SMILES string of the molecule is CCOC1CCN(C(=NC)NCC2(N3CCCCC3)CCN(C)CC2)CC1. The van der Waals surface area contributed by atoms with Gasteiger partial charge in [-0.05, 0) is 78.7 Å².